The molecule has 3 heterocycles. The number of piperidine rings is 1. The Bertz CT molecular complexity index is 1040. The Labute approximate surface area is 203 Å². The number of carbonyl (C=O) groups is 1. The van der Waals surface area contributed by atoms with Crippen molar-refractivity contribution in [1.82, 2.24) is 19.8 Å². The van der Waals surface area contributed by atoms with Gasteiger partial charge in [-0.1, -0.05) is 6.92 Å². The minimum absolute atomic E-state index is 0.0684. The lowest BCUT2D eigenvalue weighted by Gasteiger charge is -2.54. The summed E-state index contributed by atoms with van der Waals surface area (Å²) in [5.41, 5.74) is 0.138. The SMILES string of the molecule is CCN1CCC2(CC1)CN(c1ncncc1Oc1ccc(F)cc1C(=O)N(CC(F)F)C(C)C)C2. The Morgan fingerprint density at radius 2 is 1.91 bits per heavy atom. The quantitative estimate of drug-likeness (QED) is 0.544. The predicted octanol–water partition coefficient (Wildman–Crippen LogP) is 4.45. The van der Waals surface area contributed by atoms with E-state index >= 15 is 0 Å². The van der Waals surface area contributed by atoms with Gasteiger partial charge in [-0.15, -0.1) is 0 Å². The van der Waals surface area contributed by atoms with E-state index in [-0.39, 0.29) is 16.7 Å². The van der Waals surface area contributed by atoms with Crippen LogP contribution in [-0.2, 0) is 0 Å². The minimum atomic E-state index is -2.71. The summed E-state index contributed by atoms with van der Waals surface area (Å²) in [5.74, 6) is -0.384. The number of alkyl halides is 2. The van der Waals surface area contributed by atoms with E-state index in [4.69, 9.17) is 4.74 Å². The highest BCUT2D eigenvalue weighted by molar-refractivity contribution is 5.97. The first kappa shape index (κ1) is 25.2. The lowest BCUT2D eigenvalue weighted by molar-refractivity contribution is 0.0473. The van der Waals surface area contributed by atoms with Gasteiger partial charge >= 0.3 is 0 Å². The molecular formula is C25H32F3N5O2. The molecule has 35 heavy (non-hydrogen) atoms. The minimum Gasteiger partial charge on any atom is -0.451 e. The summed E-state index contributed by atoms with van der Waals surface area (Å²) in [6, 6.07) is 3.02. The van der Waals surface area contributed by atoms with Crippen molar-refractivity contribution in [3.05, 3.63) is 42.1 Å². The van der Waals surface area contributed by atoms with Crippen LogP contribution >= 0.6 is 0 Å². The molecule has 0 atom stereocenters. The molecule has 0 radical (unpaired) electrons. The number of aromatic nitrogens is 2. The fourth-order valence-electron chi connectivity index (χ4n) is 4.90. The van der Waals surface area contributed by atoms with Gasteiger partial charge in [0.25, 0.3) is 12.3 Å². The van der Waals surface area contributed by atoms with Crippen molar-refractivity contribution in [3.8, 4) is 11.5 Å². The van der Waals surface area contributed by atoms with E-state index in [9.17, 15) is 18.0 Å². The Kier molecular flexibility index (Phi) is 7.49. The van der Waals surface area contributed by atoms with Crippen LogP contribution in [0.3, 0.4) is 0 Å². The maximum Gasteiger partial charge on any atom is 0.258 e. The molecule has 7 nitrogen and oxygen atoms in total. The van der Waals surface area contributed by atoms with Gasteiger partial charge in [0.1, 0.15) is 17.9 Å². The number of hydrogen-bond acceptors (Lipinski definition) is 6. The van der Waals surface area contributed by atoms with Crippen LogP contribution in [0.4, 0.5) is 19.0 Å². The Morgan fingerprint density at radius 3 is 2.54 bits per heavy atom. The monoisotopic (exact) mass is 491 g/mol. The van der Waals surface area contributed by atoms with E-state index in [1.54, 1.807) is 13.8 Å². The Balaban J connectivity index is 1.55. The van der Waals surface area contributed by atoms with E-state index in [2.05, 4.69) is 26.7 Å². The van der Waals surface area contributed by atoms with Crippen LogP contribution in [0.25, 0.3) is 0 Å². The number of halogens is 3. The summed E-state index contributed by atoms with van der Waals surface area (Å²) in [5, 5.41) is 0. The highest BCUT2D eigenvalue weighted by atomic mass is 19.3. The van der Waals surface area contributed by atoms with Crippen LogP contribution in [-0.4, -0.2) is 77.4 Å². The third-order valence-electron chi connectivity index (χ3n) is 6.99. The molecule has 1 aromatic carbocycles. The van der Waals surface area contributed by atoms with E-state index in [1.807, 2.05) is 0 Å². The largest absolute Gasteiger partial charge is 0.451 e. The molecule has 0 unspecified atom stereocenters. The number of likely N-dealkylation sites (tertiary alicyclic amines) is 1. The van der Waals surface area contributed by atoms with Gasteiger partial charge in [0.2, 0.25) is 0 Å². The van der Waals surface area contributed by atoms with Crippen molar-refractivity contribution in [2.75, 3.05) is 44.2 Å². The van der Waals surface area contributed by atoms with Crippen molar-refractivity contribution in [2.24, 2.45) is 5.41 Å². The lowest BCUT2D eigenvalue weighted by atomic mass is 9.72. The Morgan fingerprint density at radius 1 is 1.20 bits per heavy atom. The maximum absolute atomic E-state index is 14.1. The summed E-state index contributed by atoms with van der Waals surface area (Å²) in [6.45, 7) is 9.63. The molecule has 0 saturated carbocycles. The summed E-state index contributed by atoms with van der Waals surface area (Å²) < 4.78 is 46.3. The molecule has 0 bridgehead atoms. The van der Waals surface area contributed by atoms with Crippen LogP contribution in [0, 0.1) is 11.2 Å². The van der Waals surface area contributed by atoms with Crippen LogP contribution in [0.5, 0.6) is 11.5 Å². The summed E-state index contributed by atoms with van der Waals surface area (Å²) in [4.78, 5) is 27.2. The fraction of sp³-hybridized carbons (Fsp3) is 0.560. The molecule has 0 N–H and O–H groups in total. The van der Waals surface area contributed by atoms with Gasteiger partial charge in [0.15, 0.2) is 11.6 Å². The lowest BCUT2D eigenvalue weighted by Crippen LogP contribution is -2.60. The number of amides is 1. The van der Waals surface area contributed by atoms with Crippen molar-refractivity contribution in [3.63, 3.8) is 0 Å². The van der Waals surface area contributed by atoms with Crippen LogP contribution in [0.2, 0.25) is 0 Å². The molecule has 190 valence electrons. The average Bonchev–Trinajstić information content (AvgIpc) is 2.82. The van der Waals surface area contributed by atoms with Gasteiger partial charge in [-0.3, -0.25) is 4.79 Å². The second-order valence-electron chi connectivity index (χ2n) is 9.69. The molecule has 1 spiro atoms. The first-order chi connectivity index (χ1) is 16.7. The molecular weight excluding hydrogens is 459 g/mol. The van der Waals surface area contributed by atoms with Crippen LogP contribution in [0.1, 0.15) is 44.0 Å². The molecule has 2 saturated heterocycles. The molecule has 2 fully saturated rings. The van der Waals surface area contributed by atoms with Gasteiger partial charge in [0.05, 0.1) is 18.3 Å². The zero-order valence-corrected chi connectivity index (χ0v) is 20.4. The van der Waals surface area contributed by atoms with Crippen LogP contribution in [0.15, 0.2) is 30.7 Å². The molecule has 1 amide bonds. The first-order valence-electron chi connectivity index (χ1n) is 12.0. The molecule has 1 aromatic heterocycles. The third-order valence-corrected chi connectivity index (χ3v) is 6.99. The van der Waals surface area contributed by atoms with Crippen LogP contribution < -0.4 is 9.64 Å². The number of ether oxygens (including phenoxy) is 1. The van der Waals surface area contributed by atoms with E-state index < -0.39 is 30.7 Å². The number of rotatable bonds is 8. The van der Waals surface area contributed by atoms with Crippen molar-refractivity contribution < 1.29 is 22.7 Å². The van der Waals surface area contributed by atoms with Crippen molar-refractivity contribution in [2.45, 2.75) is 46.1 Å². The molecule has 4 rings (SSSR count). The zero-order valence-electron chi connectivity index (χ0n) is 20.4. The molecule has 2 aromatic rings. The summed E-state index contributed by atoms with van der Waals surface area (Å²) in [7, 11) is 0. The predicted molar refractivity (Wildman–Crippen MR) is 127 cm³/mol. The van der Waals surface area contributed by atoms with Gasteiger partial charge < -0.3 is 19.4 Å². The van der Waals surface area contributed by atoms with Gasteiger partial charge in [-0.25, -0.2) is 23.1 Å². The number of nitrogens with zero attached hydrogens (tertiary/aromatic N) is 5. The highest BCUT2D eigenvalue weighted by Gasteiger charge is 2.46. The average molecular weight is 492 g/mol. The number of anilines is 1. The van der Waals surface area contributed by atoms with Gasteiger partial charge in [-0.2, -0.15) is 0 Å². The standard InChI is InChI=1S/C25H32F3N5O2/c1-4-31-9-7-25(8-10-31)14-32(15-25)23-21(12-29-16-30-23)35-20-6-5-18(26)11-19(20)24(34)33(17(2)3)13-22(27)28/h5-6,11-12,16-17,22H,4,7-10,13-15H2,1-3H3. The van der Waals surface area contributed by atoms with Gasteiger partial charge in [-0.05, 0) is 64.5 Å². The topological polar surface area (TPSA) is 61.8 Å². The number of hydrogen-bond donors (Lipinski definition) is 0. The molecule has 2 aliphatic rings. The maximum atomic E-state index is 14.1. The summed E-state index contributed by atoms with van der Waals surface area (Å²) >= 11 is 0. The first-order valence-corrected chi connectivity index (χ1v) is 12.0. The van der Waals surface area contributed by atoms with Gasteiger partial charge in [0, 0.05) is 24.5 Å². The van der Waals surface area contributed by atoms with Crippen molar-refractivity contribution in [1.29, 1.82) is 0 Å². The Hall–Kier alpha value is -2.88. The summed E-state index contributed by atoms with van der Waals surface area (Å²) in [6.07, 6.45) is 2.49. The second-order valence-corrected chi connectivity index (χ2v) is 9.69. The molecule has 0 aliphatic carbocycles. The van der Waals surface area contributed by atoms with E-state index in [0.717, 1.165) is 56.5 Å². The normalized spacial score (nSPS) is 17.7. The smallest absolute Gasteiger partial charge is 0.258 e. The molecule has 2 aliphatic heterocycles. The fourth-order valence-corrected chi connectivity index (χ4v) is 4.90. The van der Waals surface area contributed by atoms with E-state index in [1.165, 1.54) is 24.7 Å². The zero-order chi connectivity index (χ0) is 25.2. The third kappa shape index (κ3) is 5.52. The number of carbonyl (C=O) groups excluding carboxylic acids is 1. The highest BCUT2D eigenvalue weighted by Crippen LogP contribution is 2.44. The van der Waals surface area contributed by atoms with E-state index in [0.29, 0.717) is 11.6 Å². The second kappa shape index (κ2) is 10.4. The van der Waals surface area contributed by atoms with Crippen molar-refractivity contribution >= 4 is 11.7 Å². The molecule has 10 heteroatoms. The number of benzene rings is 1.